The number of hydrogen-bond donors (Lipinski definition) is 1. The van der Waals surface area contributed by atoms with Gasteiger partial charge in [-0.2, -0.15) is 4.31 Å². The summed E-state index contributed by atoms with van der Waals surface area (Å²) in [6, 6.07) is -0.341. The number of ether oxygens (including phenoxy) is 1. The van der Waals surface area contributed by atoms with Crippen molar-refractivity contribution in [1.82, 2.24) is 24.1 Å². The number of likely N-dealkylation sites (N-methyl/N-ethyl adjacent to an activating group) is 2. The van der Waals surface area contributed by atoms with Crippen molar-refractivity contribution >= 4 is 15.9 Å². The summed E-state index contributed by atoms with van der Waals surface area (Å²) in [4.78, 5) is 17.6. The van der Waals surface area contributed by atoms with E-state index in [9.17, 15) is 13.2 Å². The Morgan fingerprint density at radius 1 is 1.39 bits per heavy atom. The summed E-state index contributed by atoms with van der Waals surface area (Å²) >= 11 is 0. The Balaban J connectivity index is 1.66. The van der Waals surface area contributed by atoms with Crippen molar-refractivity contribution in [1.29, 1.82) is 0 Å². The molecule has 1 aromatic heterocycles. The first-order valence-corrected chi connectivity index (χ1v) is 8.75. The first-order valence-electron chi connectivity index (χ1n) is 7.31. The van der Waals surface area contributed by atoms with E-state index in [0.717, 1.165) is 0 Å². The summed E-state index contributed by atoms with van der Waals surface area (Å²) in [6.45, 7) is 1.32. The highest BCUT2D eigenvalue weighted by Crippen LogP contribution is 2.34. The van der Waals surface area contributed by atoms with E-state index in [2.05, 4.69) is 10.3 Å². The van der Waals surface area contributed by atoms with Gasteiger partial charge in [0.05, 0.1) is 12.9 Å². The van der Waals surface area contributed by atoms with Crippen molar-refractivity contribution in [3.05, 3.63) is 12.5 Å². The topological polar surface area (TPSA) is 96.8 Å². The molecule has 1 aromatic rings. The number of sulfonamides is 1. The lowest BCUT2D eigenvalue weighted by molar-refractivity contribution is -0.180. The number of imidazole rings is 1. The molecule has 2 saturated heterocycles. The highest BCUT2D eigenvalue weighted by Gasteiger charge is 2.53. The Labute approximate surface area is 135 Å². The van der Waals surface area contributed by atoms with Crippen molar-refractivity contribution in [2.75, 3.05) is 40.3 Å². The number of nitrogens with zero attached hydrogens (tertiary/aromatic N) is 4. The molecule has 128 valence electrons. The van der Waals surface area contributed by atoms with Crippen molar-refractivity contribution < 1.29 is 17.9 Å². The quantitative estimate of drug-likeness (QED) is 0.698. The summed E-state index contributed by atoms with van der Waals surface area (Å²) < 4.78 is 33.7. The molecule has 0 aromatic carbocycles. The molecule has 2 aliphatic rings. The first kappa shape index (κ1) is 16.4. The largest absolute Gasteiger partial charge is 0.369 e. The lowest BCUT2D eigenvalue weighted by Crippen LogP contribution is -2.73. The Kier molecular flexibility index (Phi) is 3.95. The average Bonchev–Trinajstić information content (AvgIpc) is 2.91. The van der Waals surface area contributed by atoms with E-state index in [0.29, 0.717) is 6.54 Å². The van der Waals surface area contributed by atoms with Crippen LogP contribution in [0.3, 0.4) is 0 Å². The number of aryl methyl sites for hydroxylation is 1. The summed E-state index contributed by atoms with van der Waals surface area (Å²) in [7, 11) is 1.57. The molecule has 0 saturated carbocycles. The third-order valence-corrected chi connectivity index (χ3v) is 6.06. The Morgan fingerprint density at radius 2 is 2.09 bits per heavy atom. The SMILES string of the molecule is CNC(=O)[C@@H]1COC2(CN1C)CN(S(=O)(=O)c1cn(C)cn1)C2. The van der Waals surface area contributed by atoms with Crippen LogP contribution >= 0.6 is 0 Å². The van der Waals surface area contributed by atoms with Crippen LogP contribution in [0.4, 0.5) is 0 Å². The second-order valence-corrected chi connectivity index (χ2v) is 8.07. The van der Waals surface area contributed by atoms with Crippen molar-refractivity contribution in [2.24, 2.45) is 7.05 Å². The fourth-order valence-electron chi connectivity index (χ4n) is 3.05. The van der Waals surface area contributed by atoms with Gasteiger partial charge in [-0.05, 0) is 7.05 Å². The lowest BCUT2D eigenvalue weighted by Gasteiger charge is -2.53. The molecule has 1 atom stereocenters. The van der Waals surface area contributed by atoms with Gasteiger partial charge in [0.25, 0.3) is 10.0 Å². The van der Waals surface area contributed by atoms with Crippen LogP contribution < -0.4 is 5.32 Å². The molecule has 2 fully saturated rings. The summed E-state index contributed by atoms with van der Waals surface area (Å²) in [6.07, 6.45) is 2.94. The molecular weight excluding hydrogens is 322 g/mol. The number of amides is 1. The van der Waals surface area contributed by atoms with Crippen LogP contribution in [0.15, 0.2) is 17.6 Å². The molecule has 2 aliphatic heterocycles. The minimum absolute atomic E-state index is 0.0438. The maximum Gasteiger partial charge on any atom is 0.262 e. The van der Waals surface area contributed by atoms with Crippen LogP contribution in [0.2, 0.25) is 0 Å². The van der Waals surface area contributed by atoms with Crippen LogP contribution in [0, 0.1) is 0 Å². The molecule has 1 spiro atoms. The van der Waals surface area contributed by atoms with E-state index in [1.54, 1.807) is 18.7 Å². The van der Waals surface area contributed by atoms with Gasteiger partial charge >= 0.3 is 0 Å². The van der Waals surface area contributed by atoms with Gasteiger partial charge in [-0.3, -0.25) is 9.69 Å². The van der Waals surface area contributed by atoms with Crippen LogP contribution in [-0.2, 0) is 26.6 Å². The van der Waals surface area contributed by atoms with E-state index < -0.39 is 15.6 Å². The highest BCUT2D eigenvalue weighted by molar-refractivity contribution is 7.89. The van der Waals surface area contributed by atoms with E-state index in [-0.39, 0.29) is 36.7 Å². The number of carbonyl (C=O) groups is 1. The summed E-state index contributed by atoms with van der Waals surface area (Å²) in [5, 5.41) is 2.65. The van der Waals surface area contributed by atoms with E-state index in [1.807, 2.05) is 11.9 Å². The third-order valence-electron chi connectivity index (χ3n) is 4.38. The van der Waals surface area contributed by atoms with Gasteiger partial charge < -0.3 is 14.6 Å². The number of carbonyl (C=O) groups excluding carboxylic acids is 1. The average molecular weight is 343 g/mol. The molecule has 23 heavy (non-hydrogen) atoms. The van der Waals surface area contributed by atoms with Crippen LogP contribution in [0.1, 0.15) is 0 Å². The van der Waals surface area contributed by atoms with Gasteiger partial charge in [-0.1, -0.05) is 0 Å². The second kappa shape index (κ2) is 5.55. The smallest absolute Gasteiger partial charge is 0.262 e. The van der Waals surface area contributed by atoms with Gasteiger partial charge in [0.1, 0.15) is 11.6 Å². The third kappa shape index (κ3) is 2.75. The first-order chi connectivity index (χ1) is 10.8. The number of hydrogen-bond acceptors (Lipinski definition) is 6. The molecule has 0 radical (unpaired) electrons. The predicted octanol–water partition coefficient (Wildman–Crippen LogP) is -1.76. The van der Waals surface area contributed by atoms with Crippen LogP contribution in [0.25, 0.3) is 0 Å². The number of aromatic nitrogens is 2. The Bertz CT molecular complexity index is 710. The van der Waals surface area contributed by atoms with E-state index in [1.165, 1.54) is 16.8 Å². The van der Waals surface area contributed by atoms with E-state index >= 15 is 0 Å². The minimum Gasteiger partial charge on any atom is -0.369 e. The predicted molar refractivity (Wildman–Crippen MR) is 81.1 cm³/mol. The Hall–Kier alpha value is -1.49. The van der Waals surface area contributed by atoms with Crippen molar-refractivity contribution in [3.8, 4) is 0 Å². The van der Waals surface area contributed by atoms with E-state index in [4.69, 9.17) is 4.74 Å². The molecule has 9 nitrogen and oxygen atoms in total. The fraction of sp³-hybridized carbons (Fsp3) is 0.692. The van der Waals surface area contributed by atoms with Crippen molar-refractivity contribution in [3.63, 3.8) is 0 Å². The maximum atomic E-state index is 12.5. The normalized spacial score (nSPS) is 25.3. The van der Waals surface area contributed by atoms with Crippen LogP contribution in [0.5, 0.6) is 0 Å². The number of morpholine rings is 1. The van der Waals surface area contributed by atoms with Gasteiger partial charge in [0.2, 0.25) is 5.91 Å². The zero-order chi connectivity index (χ0) is 16.8. The van der Waals surface area contributed by atoms with Crippen LogP contribution in [-0.4, -0.2) is 85.1 Å². The van der Waals surface area contributed by atoms with Gasteiger partial charge in [-0.15, -0.1) is 0 Å². The molecule has 0 bridgehead atoms. The van der Waals surface area contributed by atoms with Gasteiger partial charge in [0, 0.05) is 39.9 Å². The van der Waals surface area contributed by atoms with Gasteiger partial charge in [0.15, 0.2) is 5.03 Å². The van der Waals surface area contributed by atoms with Gasteiger partial charge in [-0.25, -0.2) is 13.4 Å². The fourth-order valence-corrected chi connectivity index (χ4v) is 4.60. The zero-order valence-corrected chi connectivity index (χ0v) is 14.2. The molecule has 0 unspecified atom stereocenters. The lowest BCUT2D eigenvalue weighted by atomic mass is 9.93. The monoisotopic (exact) mass is 343 g/mol. The highest BCUT2D eigenvalue weighted by atomic mass is 32.2. The second-order valence-electron chi connectivity index (χ2n) is 6.19. The molecule has 1 N–H and O–H groups in total. The van der Waals surface area contributed by atoms with Crippen molar-refractivity contribution in [2.45, 2.75) is 16.7 Å². The molecular formula is C13H21N5O4S. The molecule has 10 heteroatoms. The Morgan fingerprint density at radius 3 is 2.61 bits per heavy atom. The zero-order valence-electron chi connectivity index (χ0n) is 13.4. The summed E-state index contributed by atoms with van der Waals surface area (Å²) in [5.41, 5.74) is -0.541. The summed E-state index contributed by atoms with van der Waals surface area (Å²) in [5.74, 6) is -0.0976. The minimum atomic E-state index is -3.59. The molecule has 3 heterocycles. The molecule has 1 amide bonds. The maximum absolute atomic E-state index is 12.5. The number of rotatable bonds is 3. The molecule has 0 aliphatic carbocycles. The standard InChI is InChI=1S/C13H21N5O4S/c1-14-12(19)10-5-22-13(6-17(10)3)7-18(8-13)23(20,21)11-4-16(2)9-15-11/h4,9-10H,5-8H2,1-3H3,(H,14,19)/t10-/m0/s1. The molecule has 3 rings (SSSR count). The number of nitrogens with one attached hydrogen (secondary N) is 1.